The first-order chi connectivity index (χ1) is 11.7. The molecule has 0 aliphatic carbocycles. The Bertz CT molecular complexity index is 859. The Morgan fingerprint density at radius 1 is 1.28 bits per heavy atom. The van der Waals surface area contributed by atoms with Gasteiger partial charge in [0.2, 0.25) is 15.9 Å². The molecule has 1 heterocycles. The quantitative estimate of drug-likeness (QED) is 0.805. The van der Waals surface area contributed by atoms with Crippen molar-refractivity contribution in [3.8, 4) is 5.69 Å². The van der Waals surface area contributed by atoms with Gasteiger partial charge in [-0.15, -0.1) is 0 Å². The highest BCUT2D eigenvalue weighted by Crippen LogP contribution is 2.15. The Morgan fingerprint density at radius 2 is 2.00 bits per heavy atom. The van der Waals surface area contributed by atoms with Crippen LogP contribution in [0.3, 0.4) is 0 Å². The number of aryl methyl sites for hydroxylation is 2. The second-order valence-electron chi connectivity index (χ2n) is 6.18. The minimum Gasteiger partial charge on any atom is -0.341 e. The molecule has 0 aliphatic heterocycles. The number of carbonyl (C=O) groups is 1. The summed E-state index contributed by atoms with van der Waals surface area (Å²) in [4.78, 5) is 13.7. The molecule has 1 N–H and O–H groups in total. The second kappa shape index (κ2) is 7.79. The van der Waals surface area contributed by atoms with E-state index in [2.05, 4.69) is 9.82 Å². The zero-order valence-electron chi connectivity index (χ0n) is 15.0. The Balaban J connectivity index is 2.01. The zero-order valence-corrected chi connectivity index (χ0v) is 15.8. The number of nitrogens with one attached hydrogen (secondary N) is 1. The summed E-state index contributed by atoms with van der Waals surface area (Å²) in [5.74, 6) is -0.118. The van der Waals surface area contributed by atoms with Gasteiger partial charge in [-0.05, 0) is 37.6 Å². The molecule has 8 heteroatoms. The maximum absolute atomic E-state index is 12.1. The van der Waals surface area contributed by atoms with Gasteiger partial charge in [-0.1, -0.05) is 12.1 Å². The van der Waals surface area contributed by atoms with E-state index in [0.717, 1.165) is 28.9 Å². The van der Waals surface area contributed by atoms with E-state index >= 15 is 0 Å². The van der Waals surface area contributed by atoms with Gasteiger partial charge in [0.05, 0.1) is 17.6 Å². The fourth-order valence-corrected chi connectivity index (χ4v) is 3.05. The molecule has 0 radical (unpaired) electrons. The average Bonchev–Trinajstić information content (AvgIpc) is 2.84. The molecule has 1 aromatic carbocycles. The van der Waals surface area contributed by atoms with E-state index in [1.54, 1.807) is 11.9 Å². The van der Waals surface area contributed by atoms with Gasteiger partial charge in [-0.3, -0.25) is 4.79 Å². The van der Waals surface area contributed by atoms with Crippen LogP contribution in [0.4, 0.5) is 0 Å². The Hall–Kier alpha value is -2.19. The highest BCUT2D eigenvalue weighted by molar-refractivity contribution is 7.88. The first-order valence-corrected chi connectivity index (χ1v) is 9.86. The van der Waals surface area contributed by atoms with Gasteiger partial charge >= 0.3 is 0 Å². The summed E-state index contributed by atoms with van der Waals surface area (Å²) in [6.07, 6.45) is 1.20. The van der Waals surface area contributed by atoms with Gasteiger partial charge in [0, 0.05) is 32.3 Å². The van der Waals surface area contributed by atoms with E-state index in [1.807, 2.05) is 48.9 Å². The van der Waals surface area contributed by atoms with E-state index in [1.165, 1.54) is 0 Å². The van der Waals surface area contributed by atoms with E-state index in [4.69, 9.17) is 0 Å². The number of aromatic nitrogens is 2. The van der Waals surface area contributed by atoms with Gasteiger partial charge in [-0.2, -0.15) is 5.10 Å². The molecule has 1 aromatic heterocycles. The van der Waals surface area contributed by atoms with Crippen molar-refractivity contribution in [3.05, 3.63) is 47.3 Å². The number of rotatable bonds is 7. The van der Waals surface area contributed by atoms with Crippen molar-refractivity contribution in [1.29, 1.82) is 0 Å². The predicted octanol–water partition coefficient (Wildman–Crippen LogP) is 1.39. The van der Waals surface area contributed by atoms with Crippen LogP contribution in [0, 0.1) is 13.8 Å². The van der Waals surface area contributed by atoms with E-state index < -0.39 is 10.0 Å². The Morgan fingerprint density at radius 3 is 2.60 bits per heavy atom. The molecule has 25 heavy (non-hydrogen) atoms. The summed E-state index contributed by atoms with van der Waals surface area (Å²) in [5.41, 5.74) is 3.93. The summed E-state index contributed by atoms with van der Waals surface area (Å²) in [7, 11) is -1.57. The molecule has 136 valence electrons. The zero-order chi connectivity index (χ0) is 18.6. The topological polar surface area (TPSA) is 84.3 Å². The standard InChI is InChI=1S/C17H24N4O3S/c1-13-10-14(2)21(19-13)16-7-5-6-15(11-16)12-20(3)17(22)8-9-18-25(4,23)24/h5-7,10-11,18H,8-9,12H2,1-4H3. The van der Waals surface area contributed by atoms with Crippen LogP contribution in [-0.2, 0) is 21.4 Å². The fraction of sp³-hybridized carbons (Fsp3) is 0.412. The number of hydrogen-bond acceptors (Lipinski definition) is 4. The second-order valence-corrected chi connectivity index (χ2v) is 8.01. The summed E-state index contributed by atoms with van der Waals surface area (Å²) in [6, 6.07) is 9.87. The van der Waals surface area contributed by atoms with Crippen LogP contribution >= 0.6 is 0 Å². The van der Waals surface area contributed by atoms with Crippen molar-refractivity contribution >= 4 is 15.9 Å². The number of sulfonamides is 1. The first-order valence-electron chi connectivity index (χ1n) is 7.97. The Labute approximate surface area is 148 Å². The average molecular weight is 364 g/mol. The number of carbonyl (C=O) groups excluding carboxylic acids is 1. The number of amides is 1. The summed E-state index contributed by atoms with van der Waals surface area (Å²) >= 11 is 0. The third kappa shape index (κ3) is 5.68. The molecule has 0 fully saturated rings. The third-order valence-corrected chi connectivity index (χ3v) is 4.44. The van der Waals surface area contributed by atoms with Crippen molar-refractivity contribution in [1.82, 2.24) is 19.4 Å². The van der Waals surface area contributed by atoms with E-state index in [0.29, 0.717) is 6.54 Å². The molecule has 0 saturated carbocycles. The smallest absolute Gasteiger partial charge is 0.223 e. The van der Waals surface area contributed by atoms with Crippen molar-refractivity contribution < 1.29 is 13.2 Å². The maximum atomic E-state index is 12.1. The van der Waals surface area contributed by atoms with Crippen LogP contribution in [0.2, 0.25) is 0 Å². The van der Waals surface area contributed by atoms with Crippen molar-refractivity contribution in [2.24, 2.45) is 0 Å². The van der Waals surface area contributed by atoms with Crippen molar-refractivity contribution in [2.75, 3.05) is 19.8 Å². The minimum absolute atomic E-state index is 0.105. The molecular formula is C17H24N4O3S. The minimum atomic E-state index is -3.27. The van der Waals surface area contributed by atoms with Gasteiger partial charge in [0.25, 0.3) is 0 Å². The largest absolute Gasteiger partial charge is 0.341 e. The lowest BCUT2D eigenvalue weighted by atomic mass is 10.2. The molecule has 0 atom stereocenters. The molecule has 1 amide bonds. The molecular weight excluding hydrogens is 340 g/mol. The normalized spacial score (nSPS) is 11.5. The van der Waals surface area contributed by atoms with Gasteiger partial charge in [-0.25, -0.2) is 17.8 Å². The van der Waals surface area contributed by atoms with Crippen molar-refractivity contribution in [2.45, 2.75) is 26.8 Å². The predicted molar refractivity (Wildman–Crippen MR) is 97.0 cm³/mol. The number of hydrogen-bond donors (Lipinski definition) is 1. The summed E-state index contributed by atoms with van der Waals surface area (Å²) in [6.45, 7) is 4.50. The highest BCUT2D eigenvalue weighted by Gasteiger charge is 2.11. The molecule has 2 rings (SSSR count). The first kappa shape index (κ1) is 19.1. The summed E-state index contributed by atoms with van der Waals surface area (Å²) in [5, 5.41) is 4.47. The van der Waals surface area contributed by atoms with Crippen molar-refractivity contribution in [3.63, 3.8) is 0 Å². The molecule has 0 bridgehead atoms. The van der Waals surface area contributed by atoms with Gasteiger partial charge < -0.3 is 4.90 Å². The molecule has 0 aliphatic rings. The van der Waals surface area contributed by atoms with Crippen LogP contribution in [-0.4, -0.2) is 48.9 Å². The van der Waals surface area contributed by atoms with Crippen LogP contribution in [0.5, 0.6) is 0 Å². The molecule has 7 nitrogen and oxygen atoms in total. The Kier molecular flexibility index (Phi) is 5.97. The molecule has 2 aromatic rings. The fourth-order valence-electron chi connectivity index (χ4n) is 2.57. The van der Waals surface area contributed by atoms with E-state index in [-0.39, 0.29) is 18.9 Å². The molecule has 0 spiro atoms. The molecule has 0 unspecified atom stereocenters. The van der Waals surface area contributed by atoms with Crippen LogP contribution < -0.4 is 4.72 Å². The third-order valence-electron chi connectivity index (χ3n) is 3.71. The number of nitrogens with zero attached hydrogens (tertiary/aromatic N) is 3. The lowest BCUT2D eigenvalue weighted by molar-refractivity contribution is -0.130. The van der Waals surface area contributed by atoms with E-state index in [9.17, 15) is 13.2 Å². The monoisotopic (exact) mass is 364 g/mol. The SMILES string of the molecule is Cc1cc(C)n(-c2cccc(CN(C)C(=O)CCNS(C)(=O)=O)c2)n1. The van der Waals surface area contributed by atoms with Gasteiger partial charge in [0.15, 0.2) is 0 Å². The summed E-state index contributed by atoms with van der Waals surface area (Å²) < 4.78 is 26.3. The van der Waals surface area contributed by atoms with Crippen LogP contribution in [0.25, 0.3) is 5.69 Å². The lowest BCUT2D eigenvalue weighted by Crippen LogP contribution is -2.31. The maximum Gasteiger partial charge on any atom is 0.223 e. The highest BCUT2D eigenvalue weighted by atomic mass is 32.2. The van der Waals surface area contributed by atoms with Crippen LogP contribution in [0.1, 0.15) is 23.4 Å². The van der Waals surface area contributed by atoms with Gasteiger partial charge in [0.1, 0.15) is 0 Å². The van der Waals surface area contributed by atoms with Crippen LogP contribution in [0.15, 0.2) is 30.3 Å². The molecule has 0 saturated heterocycles. The lowest BCUT2D eigenvalue weighted by Gasteiger charge is -2.18. The number of benzene rings is 1.